The van der Waals surface area contributed by atoms with Gasteiger partial charge >= 0.3 is 0 Å². The lowest BCUT2D eigenvalue weighted by atomic mass is 10.1. The van der Waals surface area contributed by atoms with E-state index in [-0.39, 0.29) is 24.0 Å². The van der Waals surface area contributed by atoms with E-state index in [9.17, 15) is 4.79 Å². The van der Waals surface area contributed by atoms with Crippen molar-refractivity contribution in [3.8, 4) is 0 Å². The number of nitrogens with zero attached hydrogens (tertiary/aromatic N) is 1. The highest BCUT2D eigenvalue weighted by Crippen LogP contribution is 2.06. The molecule has 0 heterocycles. The number of guanidine groups is 1. The Hall–Kier alpha value is -1.31. The van der Waals surface area contributed by atoms with E-state index in [4.69, 9.17) is 5.73 Å². The van der Waals surface area contributed by atoms with Crippen molar-refractivity contribution in [3.63, 3.8) is 0 Å². The second-order valence-corrected chi connectivity index (χ2v) is 5.89. The van der Waals surface area contributed by atoms with E-state index < -0.39 is 5.91 Å². The SMILES string of the molecule is CCCCCCC(C)NC(=NC)NCc1cccc(C(N)=O)c1.I. The fourth-order valence-electron chi connectivity index (χ4n) is 2.40. The molecule has 0 aliphatic rings. The van der Waals surface area contributed by atoms with Crippen molar-refractivity contribution in [2.75, 3.05) is 7.05 Å². The van der Waals surface area contributed by atoms with Gasteiger partial charge in [-0.1, -0.05) is 44.7 Å². The largest absolute Gasteiger partial charge is 0.366 e. The van der Waals surface area contributed by atoms with Gasteiger partial charge in [0.05, 0.1) is 0 Å². The minimum Gasteiger partial charge on any atom is -0.366 e. The molecule has 0 fully saturated rings. The van der Waals surface area contributed by atoms with Gasteiger partial charge in [-0.2, -0.15) is 0 Å². The molecule has 4 N–H and O–H groups in total. The van der Waals surface area contributed by atoms with Crippen molar-refractivity contribution in [1.82, 2.24) is 10.6 Å². The van der Waals surface area contributed by atoms with Crippen LogP contribution in [0.2, 0.25) is 0 Å². The molecule has 1 unspecified atom stereocenters. The molecule has 1 aromatic carbocycles. The van der Waals surface area contributed by atoms with E-state index in [1.807, 2.05) is 12.1 Å². The van der Waals surface area contributed by atoms with Crippen LogP contribution in [0.5, 0.6) is 0 Å². The van der Waals surface area contributed by atoms with E-state index in [1.165, 1.54) is 25.7 Å². The Morgan fingerprint density at radius 3 is 2.67 bits per heavy atom. The summed E-state index contributed by atoms with van der Waals surface area (Å²) in [6.45, 7) is 5.00. The number of benzene rings is 1. The van der Waals surface area contributed by atoms with Gasteiger partial charge in [0, 0.05) is 25.2 Å². The van der Waals surface area contributed by atoms with Crippen LogP contribution in [0.15, 0.2) is 29.3 Å². The first-order chi connectivity index (χ1) is 11.1. The molecule has 0 saturated heterocycles. The summed E-state index contributed by atoms with van der Waals surface area (Å²) in [5.74, 6) is 0.368. The predicted molar refractivity (Wildman–Crippen MR) is 112 cm³/mol. The van der Waals surface area contributed by atoms with Crippen LogP contribution in [0.3, 0.4) is 0 Å². The summed E-state index contributed by atoms with van der Waals surface area (Å²) in [5, 5.41) is 6.67. The summed E-state index contributed by atoms with van der Waals surface area (Å²) >= 11 is 0. The maximum Gasteiger partial charge on any atom is 0.248 e. The summed E-state index contributed by atoms with van der Waals surface area (Å²) in [5.41, 5.74) is 6.83. The third kappa shape index (κ3) is 9.10. The molecule has 0 spiro atoms. The summed E-state index contributed by atoms with van der Waals surface area (Å²) < 4.78 is 0. The summed E-state index contributed by atoms with van der Waals surface area (Å²) in [6.07, 6.45) is 6.22. The summed E-state index contributed by atoms with van der Waals surface area (Å²) in [6, 6.07) is 7.70. The molecule has 1 aromatic rings. The lowest BCUT2D eigenvalue weighted by Crippen LogP contribution is -2.41. The van der Waals surface area contributed by atoms with Gasteiger partial charge in [-0.3, -0.25) is 9.79 Å². The molecule has 0 radical (unpaired) electrons. The second-order valence-electron chi connectivity index (χ2n) is 5.89. The average molecular weight is 446 g/mol. The van der Waals surface area contributed by atoms with Gasteiger partial charge in [0.25, 0.3) is 0 Å². The number of hydrogen-bond acceptors (Lipinski definition) is 2. The molecule has 24 heavy (non-hydrogen) atoms. The zero-order valence-electron chi connectivity index (χ0n) is 15.0. The molecule has 0 aromatic heterocycles. The number of hydrogen-bond donors (Lipinski definition) is 3. The van der Waals surface area contributed by atoms with E-state index in [0.717, 1.165) is 17.9 Å². The van der Waals surface area contributed by atoms with Crippen molar-refractivity contribution in [2.45, 2.75) is 58.5 Å². The average Bonchev–Trinajstić information content (AvgIpc) is 2.55. The molecule has 136 valence electrons. The number of halogens is 1. The number of primary amides is 1. The fraction of sp³-hybridized carbons (Fsp3) is 0.556. The summed E-state index contributed by atoms with van der Waals surface area (Å²) in [7, 11) is 1.76. The van der Waals surface area contributed by atoms with Crippen LogP contribution in [0.4, 0.5) is 0 Å². The maximum absolute atomic E-state index is 11.2. The number of unbranched alkanes of at least 4 members (excludes halogenated alkanes) is 3. The van der Waals surface area contributed by atoms with Crippen molar-refractivity contribution < 1.29 is 4.79 Å². The van der Waals surface area contributed by atoms with Gasteiger partial charge in [0.15, 0.2) is 5.96 Å². The van der Waals surface area contributed by atoms with Crippen molar-refractivity contribution in [3.05, 3.63) is 35.4 Å². The highest BCUT2D eigenvalue weighted by atomic mass is 127. The molecular weight excluding hydrogens is 415 g/mol. The van der Waals surface area contributed by atoms with Gasteiger partial charge in [-0.05, 0) is 31.0 Å². The topological polar surface area (TPSA) is 79.5 Å². The Morgan fingerprint density at radius 2 is 2.04 bits per heavy atom. The number of amides is 1. The number of carbonyl (C=O) groups excluding carboxylic acids is 1. The van der Waals surface area contributed by atoms with Gasteiger partial charge in [-0.15, -0.1) is 24.0 Å². The Bertz CT molecular complexity index is 519. The van der Waals surface area contributed by atoms with Crippen LogP contribution in [0.1, 0.15) is 61.9 Å². The number of rotatable bonds is 9. The Balaban J connectivity index is 0.00000529. The van der Waals surface area contributed by atoms with E-state index in [0.29, 0.717) is 18.2 Å². The van der Waals surface area contributed by atoms with Crippen LogP contribution < -0.4 is 16.4 Å². The lowest BCUT2D eigenvalue weighted by molar-refractivity contribution is 0.1000. The number of aliphatic imine (C=N–C) groups is 1. The van der Waals surface area contributed by atoms with Gasteiger partial charge in [-0.25, -0.2) is 0 Å². The Kier molecular flexibility index (Phi) is 12.3. The third-order valence-corrected chi connectivity index (χ3v) is 3.77. The van der Waals surface area contributed by atoms with E-state index in [1.54, 1.807) is 19.2 Å². The minimum absolute atomic E-state index is 0. The molecular formula is C18H31IN4O. The standard InChI is InChI=1S/C18H30N4O.HI/c1-4-5-6-7-9-14(2)22-18(20-3)21-13-15-10-8-11-16(12-15)17(19)23;/h8,10-12,14H,4-7,9,13H2,1-3H3,(H2,19,23)(H2,20,21,22);1H. The first-order valence-electron chi connectivity index (χ1n) is 8.42. The minimum atomic E-state index is -0.407. The molecule has 0 saturated carbocycles. The Morgan fingerprint density at radius 1 is 1.29 bits per heavy atom. The number of carbonyl (C=O) groups is 1. The second kappa shape index (κ2) is 13.0. The molecule has 0 bridgehead atoms. The maximum atomic E-state index is 11.2. The van der Waals surface area contributed by atoms with Gasteiger partial charge < -0.3 is 16.4 Å². The summed E-state index contributed by atoms with van der Waals surface area (Å²) in [4.78, 5) is 15.5. The van der Waals surface area contributed by atoms with Crippen LogP contribution in [0, 0.1) is 0 Å². The first-order valence-corrected chi connectivity index (χ1v) is 8.42. The smallest absolute Gasteiger partial charge is 0.248 e. The highest BCUT2D eigenvalue weighted by molar-refractivity contribution is 14.0. The molecule has 5 nitrogen and oxygen atoms in total. The van der Waals surface area contributed by atoms with Crippen molar-refractivity contribution in [1.29, 1.82) is 0 Å². The van der Waals surface area contributed by atoms with E-state index in [2.05, 4.69) is 29.5 Å². The molecule has 1 rings (SSSR count). The lowest BCUT2D eigenvalue weighted by Gasteiger charge is -2.18. The van der Waals surface area contributed by atoms with Crippen LogP contribution >= 0.6 is 24.0 Å². The quantitative estimate of drug-likeness (QED) is 0.235. The normalized spacial score (nSPS) is 12.2. The number of nitrogens with one attached hydrogen (secondary N) is 2. The van der Waals surface area contributed by atoms with Crippen LogP contribution in [0.25, 0.3) is 0 Å². The van der Waals surface area contributed by atoms with Crippen molar-refractivity contribution >= 4 is 35.8 Å². The molecule has 6 heteroatoms. The molecule has 1 amide bonds. The van der Waals surface area contributed by atoms with Gasteiger partial charge in [0.2, 0.25) is 5.91 Å². The highest BCUT2D eigenvalue weighted by Gasteiger charge is 2.06. The first kappa shape index (κ1) is 22.7. The predicted octanol–water partition coefficient (Wildman–Crippen LogP) is 3.43. The van der Waals surface area contributed by atoms with Gasteiger partial charge in [0.1, 0.15) is 0 Å². The third-order valence-electron chi connectivity index (χ3n) is 3.77. The monoisotopic (exact) mass is 446 g/mol. The zero-order valence-corrected chi connectivity index (χ0v) is 17.3. The molecule has 1 atom stereocenters. The fourth-order valence-corrected chi connectivity index (χ4v) is 2.40. The molecule has 0 aliphatic carbocycles. The molecule has 0 aliphatic heterocycles. The van der Waals surface area contributed by atoms with Crippen molar-refractivity contribution in [2.24, 2.45) is 10.7 Å². The van der Waals surface area contributed by atoms with E-state index >= 15 is 0 Å². The number of nitrogens with two attached hydrogens (primary N) is 1. The van der Waals surface area contributed by atoms with Crippen LogP contribution in [-0.2, 0) is 6.54 Å². The zero-order chi connectivity index (χ0) is 17.1. The Labute approximate surface area is 162 Å². The van der Waals surface area contributed by atoms with Crippen LogP contribution in [-0.4, -0.2) is 25.0 Å².